The van der Waals surface area contributed by atoms with Crippen LogP contribution in [0.1, 0.15) is 78.6 Å². The van der Waals surface area contributed by atoms with Gasteiger partial charge in [0.25, 0.3) is 0 Å². The van der Waals surface area contributed by atoms with E-state index >= 15 is 0 Å². The smallest absolute Gasteiger partial charge is 0.00956 e. The van der Waals surface area contributed by atoms with Gasteiger partial charge in [-0.15, -0.1) is 0 Å². The second kappa shape index (κ2) is 8.13. The Bertz CT molecular complexity index is 176. The minimum absolute atomic E-state index is 0.479. The zero-order valence-corrected chi connectivity index (χ0v) is 12.3. The summed E-state index contributed by atoms with van der Waals surface area (Å²) >= 11 is 0. The highest BCUT2D eigenvalue weighted by Gasteiger charge is 2.28. The fourth-order valence-electron chi connectivity index (χ4n) is 3.64. The van der Waals surface area contributed by atoms with Crippen molar-refractivity contribution in [2.24, 2.45) is 23.5 Å². The van der Waals surface area contributed by atoms with Gasteiger partial charge in [-0.2, -0.15) is 0 Å². The second-order valence-electron chi connectivity index (χ2n) is 6.10. The van der Waals surface area contributed by atoms with Crippen molar-refractivity contribution in [3.05, 3.63) is 0 Å². The number of rotatable bonds is 7. The molecule has 0 aromatic carbocycles. The molecule has 1 aliphatic carbocycles. The molecule has 0 aliphatic heterocycles. The van der Waals surface area contributed by atoms with E-state index in [0.717, 1.165) is 17.8 Å². The lowest BCUT2D eigenvalue weighted by Crippen LogP contribution is -2.39. The average molecular weight is 239 g/mol. The van der Waals surface area contributed by atoms with Gasteiger partial charge in [0.15, 0.2) is 0 Å². The molecule has 0 radical (unpaired) electrons. The standard InChI is InChI=1S/C16H33N/c1-4-7-14(8-5-2)16(17)15-11-9-13(6-3)10-12-15/h13-16H,4-12,17H2,1-3H3. The van der Waals surface area contributed by atoms with Gasteiger partial charge in [0.2, 0.25) is 0 Å². The summed E-state index contributed by atoms with van der Waals surface area (Å²) in [5, 5.41) is 0. The number of hydrogen-bond donors (Lipinski definition) is 1. The Kier molecular flexibility index (Phi) is 7.18. The van der Waals surface area contributed by atoms with E-state index < -0.39 is 0 Å². The predicted octanol–water partition coefficient (Wildman–Crippen LogP) is 4.75. The van der Waals surface area contributed by atoms with Crippen LogP contribution in [0.4, 0.5) is 0 Å². The maximum Gasteiger partial charge on any atom is 0.00956 e. The molecule has 17 heavy (non-hydrogen) atoms. The third-order valence-corrected chi connectivity index (χ3v) is 4.88. The first-order valence-electron chi connectivity index (χ1n) is 7.98. The van der Waals surface area contributed by atoms with E-state index in [0.29, 0.717) is 6.04 Å². The Morgan fingerprint density at radius 3 is 1.88 bits per heavy atom. The summed E-state index contributed by atoms with van der Waals surface area (Å²) in [4.78, 5) is 0. The minimum Gasteiger partial charge on any atom is -0.327 e. The van der Waals surface area contributed by atoms with Crippen LogP contribution in [0.5, 0.6) is 0 Å². The van der Waals surface area contributed by atoms with Gasteiger partial charge in [-0.25, -0.2) is 0 Å². The molecule has 0 saturated heterocycles. The molecule has 1 heteroatoms. The maximum absolute atomic E-state index is 6.55. The summed E-state index contributed by atoms with van der Waals surface area (Å²) in [6.07, 6.45) is 12.3. The van der Waals surface area contributed by atoms with Crippen molar-refractivity contribution in [2.75, 3.05) is 0 Å². The molecular weight excluding hydrogens is 206 g/mol. The molecule has 102 valence electrons. The SMILES string of the molecule is CCCC(CCC)C(N)C1CCC(CC)CC1. The zero-order valence-electron chi connectivity index (χ0n) is 12.3. The first-order valence-corrected chi connectivity index (χ1v) is 7.98. The molecule has 1 aliphatic rings. The molecule has 1 rings (SSSR count). The van der Waals surface area contributed by atoms with Gasteiger partial charge in [-0.1, -0.05) is 52.9 Å². The minimum atomic E-state index is 0.479. The monoisotopic (exact) mass is 239 g/mol. The van der Waals surface area contributed by atoms with Gasteiger partial charge < -0.3 is 5.73 Å². The molecule has 0 aromatic rings. The first kappa shape index (κ1) is 15.0. The van der Waals surface area contributed by atoms with E-state index in [-0.39, 0.29) is 0 Å². The average Bonchev–Trinajstić information content (AvgIpc) is 2.38. The van der Waals surface area contributed by atoms with Crippen LogP contribution >= 0.6 is 0 Å². The molecular formula is C16H33N. The van der Waals surface area contributed by atoms with Crippen LogP contribution in [-0.2, 0) is 0 Å². The quantitative estimate of drug-likeness (QED) is 0.682. The lowest BCUT2D eigenvalue weighted by Gasteiger charge is -2.35. The van der Waals surface area contributed by atoms with Crippen LogP contribution in [-0.4, -0.2) is 6.04 Å². The lowest BCUT2D eigenvalue weighted by molar-refractivity contribution is 0.190. The van der Waals surface area contributed by atoms with Gasteiger partial charge in [-0.05, 0) is 43.4 Å². The van der Waals surface area contributed by atoms with Crippen molar-refractivity contribution in [1.82, 2.24) is 0 Å². The molecule has 1 unspecified atom stereocenters. The van der Waals surface area contributed by atoms with Gasteiger partial charge in [0, 0.05) is 6.04 Å². The molecule has 2 N–H and O–H groups in total. The fourth-order valence-corrected chi connectivity index (χ4v) is 3.64. The van der Waals surface area contributed by atoms with E-state index in [9.17, 15) is 0 Å². The third kappa shape index (κ3) is 4.62. The highest BCUT2D eigenvalue weighted by atomic mass is 14.7. The molecule has 0 bridgehead atoms. The normalized spacial score (nSPS) is 27.4. The van der Waals surface area contributed by atoms with Gasteiger partial charge in [0.05, 0.1) is 0 Å². The van der Waals surface area contributed by atoms with Crippen LogP contribution in [0.3, 0.4) is 0 Å². The van der Waals surface area contributed by atoms with E-state index in [1.54, 1.807) is 0 Å². The largest absolute Gasteiger partial charge is 0.327 e. The van der Waals surface area contributed by atoms with E-state index in [2.05, 4.69) is 20.8 Å². The summed E-state index contributed by atoms with van der Waals surface area (Å²) < 4.78 is 0. The number of hydrogen-bond acceptors (Lipinski definition) is 1. The Morgan fingerprint density at radius 2 is 1.47 bits per heavy atom. The Balaban J connectivity index is 2.41. The molecule has 1 nitrogen and oxygen atoms in total. The second-order valence-corrected chi connectivity index (χ2v) is 6.10. The van der Waals surface area contributed by atoms with Crippen LogP contribution in [0.15, 0.2) is 0 Å². The van der Waals surface area contributed by atoms with Crippen molar-refractivity contribution in [3.63, 3.8) is 0 Å². The van der Waals surface area contributed by atoms with Crippen molar-refractivity contribution < 1.29 is 0 Å². The Morgan fingerprint density at radius 1 is 0.941 bits per heavy atom. The first-order chi connectivity index (χ1) is 8.22. The Hall–Kier alpha value is -0.0400. The van der Waals surface area contributed by atoms with Gasteiger partial charge in [-0.3, -0.25) is 0 Å². The topological polar surface area (TPSA) is 26.0 Å². The van der Waals surface area contributed by atoms with Crippen LogP contribution in [0.25, 0.3) is 0 Å². The molecule has 0 aromatic heterocycles. The third-order valence-electron chi connectivity index (χ3n) is 4.88. The molecule has 1 saturated carbocycles. The summed E-state index contributed by atoms with van der Waals surface area (Å²) in [5.74, 6) is 2.60. The van der Waals surface area contributed by atoms with Gasteiger partial charge in [0.1, 0.15) is 0 Å². The van der Waals surface area contributed by atoms with Crippen molar-refractivity contribution in [3.8, 4) is 0 Å². The van der Waals surface area contributed by atoms with E-state index in [4.69, 9.17) is 5.73 Å². The highest BCUT2D eigenvalue weighted by molar-refractivity contribution is 4.84. The van der Waals surface area contributed by atoms with Gasteiger partial charge >= 0.3 is 0 Å². The summed E-state index contributed by atoms with van der Waals surface area (Å²) in [6, 6.07) is 0.479. The lowest BCUT2D eigenvalue weighted by atomic mass is 9.73. The summed E-state index contributed by atoms with van der Waals surface area (Å²) in [6.45, 7) is 6.93. The molecule has 1 fully saturated rings. The van der Waals surface area contributed by atoms with Crippen LogP contribution in [0, 0.1) is 17.8 Å². The zero-order chi connectivity index (χ0) is 12.7. The van der Waals surface area contributed by atoms with Crippen LogP contribution < -0.4 is 5.73 Å². The van der Waals surface area contributed by atoms with Crippen LogP contribution in [0.2, 0.25) is 0 Å². The van der Waals surface area contributed by atoms with E-state index in [1.165, 1.54) is 57.8 Å². The molecule has 0 spiro atoms. The fraction of sp³-hybridized carbons (Fsp3) is 1.00. The predicted molar refractivity (Wildman–Crippen MR) is 77.0 cm³/mol. The maximum atomic E-state index is 6.55. The van der Waals surface area contributed by atoms with Crippen molar-refractivity contribution >= 4 is 0 Å². The van der Waals surface area contributed by atoms with E-state index in [1.807, 2.05) is 0 Å². The summed E-state index contributed by atoms with van der Waals surface area (Å²) in [7, 11) is 0. The summed E-state index contributed by atoms with van der Waals surface area (Å²) in [5.41, 5.74) is 6.55. The van der Waals surface area contributed by atoms with Crippen molar-refractivity contribution in [2.45, 2.75) is 84.6 Å². The highest BCUT2D eigenvalue weighted by Crippen LogP contribution is 2.35. The Labute approximate surface area is 109 Å². The van der Waals surface area contributed by atoms with Crippen molar-refractivity contribution in [1.29, 1.82) is 0 Å². The molecule has 0 amide bonds. The molecule has 1 atom stereocenters. The molecule has 0 heterocycles. The number of nitrogens with two attached hydrogens (primary N) is 1.